The van der Waals surface area contributed by atoms with Crippen molar-refractivity contribution in [2.75, 3.05) is 37.6 Å². The number of non-ortho nitro benzene ring substituents is 1. The van der Waals surface area contributed by atoms with Crippen LogP contribution in [0, 0.1) is 10.1 Å². The Morgan fingerprint density at radius 2 is 1.97 bits per heavy atom. The molecule has 5 rings (SSSR count). The van der Waals surface area contributed by atoms with Gasteiger partial charge in [-0.15, -0.1) is 0 Å². The molecule has 0 saturated carbocycles. The summed E-state index contributed by atoms with van der Waals surface area (Å²) in [5, 5.41) is 19.2. The largest absolute Gasteiger partial charge is 0.369 e. The molecule has 2 aromatic carbocycles. The molecule has 0 atom stereocenters. The highest BCUT2D eigenvalue weighted by molar-refractivity contribution is 5.98. The van der Waals surface area contributed by atoms with Gasteiger partial charge in [-0.3, -0.25) is 15.2 Å². The van der Waals surface area contributed by atoms with Crippen LogP contribution in [0.2, 0.25) is 0 Å². The summed E-state index contributed by atoms with van der Waals surface area (Å²) >= 11 is 0. The second-order valence-corrected chi connectivity index (χ2v) is 7.62. The minimum atomic E-state index is -0.410. The van der Waals surface area contributed by atoms with Crippen LogP contribution in [0.25, 0.3) is 33.5 Å². The van der Waals surface area contributed by atoms with E-state index < -0.39 is 4.92 Å². The van der Waals surface area contributed by atoms with Crippen molar-refractivity contribution >= 4 is 33.3 Å². The minimum Gasteiger partial charge on any atom is -0.369 e. The van der Waals surface area contributed by atoms with Crippen molar-refractivity contribution in [3.8, 4) is 11.5 Å². The Morgan fingerprint density at radius 3 is 2.70 bits per heavy atom. The number of nitro groups is 1. The third kappa shape index (κ3) is 2.89. The summed E-state index contributed by atoms with van der Waals surface area (Å²) in [7, 11) is 1.97. The lowest BCUT2D eigenvalue weighted by Crippen LogP contribution is -2.46. The van der Waals surface area contributed by atoms with Crippen LogP contribution in [0.5, 0.6) is 0 Å². The predicted octanol–water partition coefficient (Wildman–Crippen LogP) is 3.17. The fraction of sp³-hybridized carbons (Fsp3) is 0.333. The van der Waals surface area contributed by atoms with Gasteiger partial charge in [0.1, 0.15) is 5.69 Å². The van der Waals surface area contributed by atoms with Crippen molar-refractivity contribution in [1.29, 1.82) is 0 Å². The number of anilines is 1. The van der Waals surface area contributed by atoms with E-state index in [9.17, 15) is 10.1 Å². The Bertz CT molecular complexity index is 1250. The van der Waals surface area contributed by atoms with Crippen molar-refractivity contribution in [3.63, 3.8) is 0 Å². The summed E-state index contributed by atoms with van der Waals surface area (Å²) in [4.78, 5) is 20.6. The zero-order chi connectivity index (χ0) is 20.8. The van der Waals surface area contributed by atoms with E-state index in [-0.39, 0.29) is 5.69 Å². The molecule has 2 aromatic heterocycles. The van der Waals surface area contributed by atoms with Crippen molar-refractivity contribution in [3.05, 3.63) is 46.5 Å². The van der Waals surface area contributed by atoms with Gasteiger partial charge >= 0.3 is 0 Å². The highest BCUT2D eigenvalue weighted by atomic mass is 16.6. The van der Waals surface area contributed by atoms with Crippen molar-refractivity contribution in [2.24, 2.45) is 7.05 Å². The number of piperazine rings is 1. The van der Waals surface area contributed by atoms with Gasteiger partial charge in [-0.25, -0.2) is 4.98 Å². The number of hydrogen-bond acceptors (Lipinski definition) is 6. The third-order valence-corrected chi connectivity index (χ3v) is 6.03. The number of imidazole rings is 1. The van der Waals surface area contributed by atoms with Crippen LogP contribution < -0.4 is 4.90 Å². The number of H-pyrrole nitrogens is 1. The van der Waals surface area contributed by atoms with Crippen molar-refractivity contribution in [1.82, 2.24) is 24.6 Å². The number of hydrogen-bond donors (Lipinski definition) is 1. The molecular formula is C21H23N7O2. The number of nitrogens with zero attached hydrogens (tertiary/aromatic N) is 6. The number of aromatic nitrogens is 4. The van der Waals surface area contributed by atoms with Crippen LogP contribution in [-0.2, 0) is 7.05 Å². The zero-order valence-electron chi connectivity index (χ0n) is 17.0. The number of aryl methyl sites for hydroxylation is 1. The topological polar surface area (TPSA) is 96.1 Å². The highest BCUT2D eigenvalue weighted by Gasteiger charge is 2.22. The zero-order valence-corrected chi connectivity index (χ0v) is 17.0. The minimum absolute atomic E-state index is 0.0118. The van der Waals surface area contributed by atoms with Crippen molar-refractivity contribution in [2.45, 2.75) is 6.92 Å². The van der Waals surface area contributed by atoms with Gasteiger partial charge in [-0.1, -0.05) is 13.0 Å². The molecule has 0 unspecified atom stereocenters. The summed E-state index contributed by atoms with van der Waals surface area (Å²) in [6.07, 6.45) is 0. The molecule has 0 bridgehead atoms. The molecule has 9 heteroatoms. The standard InChI is InChI=1S/C21H23N7O2/c1-3-26-9-11-27(12-10-26)14-7-8-16-18(13-14)25(2)21(22-16)20-15-5-4-6-17(28(29)30)19(15)23-24-20/h4-8,13H,3,9-12H2,1-2H3,(H,23,24). The number of para-hydroxylation sites is 1. The second-order valence-electron chi connectivity index (χ2n) is 7.62. The number of fused-ring (bicyclic) bond motifs is 2. The second kappa shape index (κ2) is 7.10. The molecule has 0 aliphatic carbocycles. The summed E-state index contributed by atoms with van der Waals surface area (Å²) < 4.78 is 2.02. The quantitative estimate of drug-likeness (QED) is 0.414. The number of benzene rings is 2. The lowest BCUT2D eigenvalue weighted by molar-refractivity contribution is -0.383. The van der Waals surface area contributed by atoms with E-state index in [0.29, 0.717) is 22.4 Å². The van der Waals surface area contributed by atoms with E-state index in [2.05, 4.69) is 39.1 Å². The Balaban J connectivity index is 1.56. The van der Waals surface area contributed by atoms with E-state index in [1.165, 1.54) is 11.8 Å². The Labute approximate surface area is 173 Å². The normalized spacial score (nSPS) is 15.3. The average Bonchev–Trinajstić information content (AvgIpc) is 3.34. The van der Waals surface area contributed by atoms with E-state index >= 15 is 0 Å². The predicted molar refractivity (Wildman–Crippen MR) is 117 cm³/mol. The van der Waals surface area contributed by atoms with E-state index in [4.69, 9.17) is 4.98 Å². The van der Waals surface area contributed by atoms with Crippen LogP contribution in [0.3, 0.4) is 0 Å². The number of nitro benzene ring substituents is 1. The van der Waals surface area contributed by atoms with Gasteiger partial charge in [0.2, 0.25) is 0 Å². The first kappa shape index (κ1) is 18.6. The number of nitrogens with one attached hydrogen (secondary N) is 1. The molecule has 1 saturated heterocycles. The van der Waals surface area contributed by atoms with Gasteiger partial charge in [0.25, 0.3) is 5.69 Å². The van der Waals surface area contributed by atoms with Crippen LogP contribution in [0.4, 0.5) is 11.4 Å². The van der Waals surface area contributed by atoms with Gasteiger partial charge in [-0.2, -0.15) is 5.10 Å². The van der Waals surface area contributed by atoms with Crippen LogP contribution in [-0.4, -0.2) is 62.3 Å². The molecule has 3 heterocycles. The molecule has 30 heavy (non-hydrogen) atoms. The molecule has 4 aromatic rings. The summed E-state index contributed by atoms with van der Waals surface area (Å²) in [5.74, 6) is 0.709. The molecule has 9 nitrogen and oxygen atoms in total. The van der Waals surface area contributed by atoms with Crippen LogP contribution >= 0.6 is 0 Å². The SMILES string of the molecule is CCN1CCN(c2ccc3nc(-c4[nH]nc5c([N+](=O)[O-])cccc45)n(C)c3c2)CC1. The molecular weight excluding hydrogens is 382 g/mol. The lowest BCUT2D eigenvalue weighted by Gasteiger charge is -2.35. The van der Waals surface area contributed by atoms with E-state index in [1.807, 2.05) is 23.7 Å². The maximum Gasteiger partial charge on any atom is 0.297 e. The number of likely N-dealkylation sites (N-methyl/N-ethyl adjacent to an activating group) is 1. The number of rotatable bonds is 4. The summed E-state index contributed by atoms with van der Waals surface area (Å²) in [6, 6.07) is 11.3. The van der Waals surface area contributed by atoms with Crippen LogP contribution in [0.15, 0.2) is 36.4 Å². The maximum absolute atomic E-state index is 11.3. The average molecular weight is 405 g/mol. The van der Waals surface area contributed by atoms with Gasteiger partial charge in [0.05, 0.1) is 16.0 Å². The first-order valence-corrected chi connectivity index (χ1v) is 10.1. The smallest absolute Gasteiger partial charge is 0.297 e. The molecule has 1 aliphatic heterocycles. The molecule has 1 fully saturated rings. The maximum atomic E-state index is 11.3. The Hall–Kier alpha value is -3.46. The fourth-order valence-electron chi connectivity index (χ4n) is 4.26. The van der Waals surface area contributed by atoms with Crippen LogP contribution in [0.1, 0.15) is 6.92 Å². The monoisotopic (exact) mass is 405 g/mol. The first-order chi connectivity index (χ1) is 14.6. The van der Waals surface area contributed by atoms with Gasteiger partial charge < -0.3 is 14.4 Å². The summed E-state index contributed by atoms with van der Waals surface area (Å²) in [5.41, 5.74) is 4.12. The molecule has 1 N–H and O–H groups in total. The molecule has 154 valence electrons. The van der Waals surface area contributed by atoms with E-state index in [1.54, 1.807) is 6.07 Å². The van der Waals surface area contributed by atoms with Gasteiger partial charge in [-0.05, 0) is 30.8 Å². The molecule has 0 radical (unpaired) electrons. The van der Waals surface area contributed by atoms with E-state index in [0.717, 1.165) is 43.8 Å². The Morgan fingerprint density at radius 1 is 1.17 bits per heavy atom. The molecule has 1 aliphatic rings. The third-order valence-electron chi connectivity index (χ3n) is 6.03. The highest BCUT2D eigenvalue weighted by Crippen LogP contribution is 2.33. The van der Waals surface area contributed by atoms with Crippen molar-refractivity contribution < 1.29 is 4.92 Å². The summed E-state index contributed by atoms with van der Waals surface area (Å²) in [6.45, 7) is 7.47. The van der Waals surface area contributed by atoms with Gasteiger partial charge in [0.15, 0.2) is 11.3 Å². The lowest BCUT2D eigenvalue weighted by atomic mass is 10.2. The molecule has 0 amide bonds. The Kier molecular flexibility index (Phi) is 4.39. The first-order valence-electron chi connectivity index (χ1n) is 10.1. The molecule has 0 spiro atoms. The van der Waals surface area contributed by atoms with Gasteiger partial charge in [0, 0.05) is 50.4 Å². The number of aromatic amines is 1. The fourth-order valence-corrected chi connectivity index (χ4v) is 4.26.